The number of likely N-dealkylation sites (tertiary alicyclic amines) is 1. The third kappa shape index (κ3) is 2.97. The van der Waals surface area contributed by atoms with Gasteiger partial charge in [-0.05, 0) is 30.5 Å². The first-order valence-electron chi connectivity index (χ1n) is 8.49. The summed E-state index contributed by atoms with van der Waals surface area (Å²) in [5.41, 5.74) is 1.73. The number of carbonyl (C=O) groups is 2. The Balaban J connectivity index is 2.12. The SMILES string of the molecule is CCCN1C(=O)C(=O)/C(=C(\O)c2ccc(CC)cc2)C1c1ccco1. The van der Waals surface area contributed by atoms with Crippen LogP contribution < -0.4 is 0 Å². The van der Waals surface area contributed by atoms with Crippen molar-refractivity contribution in [1.82, 2.24) is 4.90 Å². The van der Waals surface area contributed by atoms with Gasteiger partial charge in [-0.2, -0.15) is 0 Å². The molecule has 1 atom stereocenters. The maximum Gasteiger partial charge on any atom is 0.295 e. The molecule has 1 saturated heterocycles. The van der Waals surface area contributed by atoms with Gasteiger partial charge in [0.1, 0.15) is 17.6 Å². The molecule has 1 fully saturated rings. The molecular weight excluding hydrogens is 318 g/mol. The van der Waals surface area contributed by atoms with Crippen molar-refractivity contribution in [2.75, 3.05) is 6.54 Å². The summed E-state index contributed by atoms with van der Waals surface area (Å²) in [4.78, 5) is 26.5. The van der Waals surface area contributed by atoms with Gasteiger partial charge in [0.15, 0.2) is 0 Å². The monoisotopic (exact) mass is 339 g/mol. The predicted octanol–water partition coefficient (Wildman–Crippen LogP) is 3.67. The van der Waals surface area contributed by atoms with Crippen LogP contribution in [0.2, 0.25) is 0 Å². The van der Waals surface area contributed by atoms with E-state index in [9.17, 15) is 14.7 Å². The molecule has 0 radical (unpaired) electrons. The highest BCUT2D eigenvalue weighted by atomic mass is 16.3. The van der Waals surface area contributed by atoms with Crippen molar-refractivity contribution in [2.24, 2.45) is 0 Å². The first-order chi connectivity index (χ1) is 12.1. The molecule has 25 heavy (non-hydrogen) atoms. The number of hydrogen-bond acceptors (Lipinski definition) is 4. The first kappa shape index (κ1) is 17.0. The van der Waals surface area contributed by atoms with Gasteiger partial charge >= 0.3 is 0 Å². The van der Waals surface area contributed by atoms with Gasteiger partial charge in [0.25, 0.3) is 11.7 Å². The van der Waals surface area contributed by atoms with Crippen molar-refractivity contribution in [2.45, 2.75) is 32.7 Å². The van der Waals surface area contributed by atoms with Crippen LogP contribution in [-0.4, -0.2) is 28.2 Å². The van der Waals surface area contributed by atoms with Gasteiger partial charge in [-0.15, -0.1) is 0 Å². The van der Waals surface area contributed by atoms with Gasteiger partial charge in [-0.1, -0.05) is 38.1 Å². The van der Waals surface area contributed by atoms with Gasteiger partial charge in [-0.3, -0.25) is 9.59 Å². The Morgan fingerprint density at radius 3 is 2.44 bits per heavy atom. The van der Waals surface area contributed by atoms with E-state index >= 15 is 0 Å². The van der Waals surface area contributed by atoms with Gasteiger partial charge in [0, 0.05) is 12.1 Å². The molecule has 5 nitrogen and oxygen atoms in total. The van der Waals surface area contributed by atoms with E-state index < -0.39 is 17.7 Å². The molecule has 2 aromatic rings. The fourth-order valence-corrected chi connectivity index (χ4v) is 3.15. The van der Waals surface area contributed by atoms with E-state index in [0.29, 0.717) is 24.3 Å². The van der Waals surface area contributed by atoms with Crippen LogP contribution in [-0.2, 0) is 16.0 Å². The third-order valence-corrected chi connectivity index (χ3v) is 4.45. The molecule has 1 aliphatic rings. The zero-order valence-electron chi connectivity index (χ0n) is 14.4. The quantitative estimate of drug-likeness (QED) is 0.512. The van der Waals surface area contributed by atoms with Crippen LogP contribution in [0, 0.1) is 0 Å². The van der Waals surface area contributed by atoms with Crippen molar-refractivity contribution in [3.8, 4) is 0 Å². The van der Waals surface area contributed by atoms with Crippen molar-refractivity contribution in [3.05, 3.63) is 65.1 Å². The average molecular weight is 339 g/mol. The summed E-state index contributed by atoms with van der Waals surface area (Å²) >= 11 is 0. The molecule has 1 aromatic heterocycles. The molecular formula is C20H21NO4. The first-order valence-corrected chi connectivity index (χ1v) is 8.49. The van der Waals surface area contributed by atoms with E-state index in [1.54, 1.807) is 24.3 Å². The molecule has 0 spiro atoms. The van der Waals surface area contributed by atoms with Gasteiger partial charge in [0.05, 0.1) is 11.8 Å². The number of aliphatic hydroxyl groups excluding tert-OH is 1. The van der Waals surface area contributed by atoms with Gasteiger partial charge in [0.2, 0.25) is 0 Å². The number of benzene rings is 1. The lowest BCUT2D eigenvalue weighted by Crippen LogP contribution is -2.30. The van der Waals surface area contributed by atoms with Gasteiger partial charge in [-0.25, -0.2) is 0 Å². The van der Waals surface area contributed by atoms with Crippen LogP contribution in [0.15, 0.2) is 52.7 Å². The second-order valence-electron chi connectivity index (χ2n) is 6.06. The molecule has 1 N–H and O–H groups in total. The Kier molecular flexibility index (Phi) is 4.74. The van der Waals surface area contributed by atoms with E-state index in [1.807, 2.05) is 26.0 Å². The lowest BCUT2D eigenvalue weighted by molar-refractivity contribution is -0.140. The van der Waals surface area contributed by atoms with E-state index in [2.05, 4.69) is 0 Å². The highest BCUT2D eigenvalue weighted by Gasteiger charge is 2.46. The summed E-state index contributed by atoms with van der Waals surface area (Å²) in [6, 6.07) is 10.1. The maximum atomic E-state index is 12.6. The molecule has 0 aliphatic carbocycles. The van der Waals surface area contributed by atoms with Crippen LogP contribution >= 0.6 is 0 Å². The molecule has 1 amide bonds. The van der Waals surface area contributed by atoms with Crippen molar-refractivity contribution < 1.29 is 19.1 Å². The van der Waals surface area contributed by atoms with Crippen LogP contribution in [0.5, 0.6) is 0 Å². The number of nitrogens with zero attached hydrogens (tertiary/aromatic N) is 1. The number of Topliss-reactive ketones (excluding diaryl/α,β-unsaturated/α-hetero) is 1. The largest absolute Gasteiger partial charge is 0.507 e. The minimum atomic E-state index is -0.694. The molecule has 1 aliphatic heterocycles. The molecule has 0 saturated carbocycles. The Morgan fingerprint density at radius 2 is 1.88 bits per heavy atom. The smallest absolute Gasteiger partial charge is 0.295 e. The summed E-state index contributed by atoms with van der Waals surface area (Å²) in [6.45, 7) is 4.39. The van der Waals surface area contributed by atoms with E-state index in [-0.39, 0.29) is 11.3 Å². The number of aryl methyl sites for hydroxylation is 1. The van der Waals surface area contributed by atoms with E-state index in [0.717, 1.165) is 12.0 Å². The Bertz CT molecular complexity index is 803. The van der Waals surface area contributed by atoms with Crippen LogP contribution in [0.1, 0.15) is 43.2 Å². The number of rotatable bonds is 5. The van der Waals surface area contributed by atoms with Crippen LogP contribution in [0.3, 0.4) is 0 Å². The minimum absolute atomic E-state index is 0.0812. The van der Waals surface area contributed by atoms with E-state index in [4.69, 9.17) is 4.42 Å². The number of amides is 1. The average Bonchev–Trinajstić information content (AvgIpc) is 3.24. The number of aliphatic hydroxyl groups is 1. The fraction of sp³-hybridized carbons (Fsp3) is 0.300. The zero-order valence-corrected chi connectivity index (χ0v) is 14.4. The molecule has 5 heteroatoms. The fourth-order valence-electron chi connectivity index (χ4n) is 3.15. The normalized spacial score (nSPS) is 19.6. The predicted molar refractivity (Wildman–Crippen MR) is 93.8 cm³/mol. The Hall–Kier alpha value is -2.82. The van der Waals surface area contributed by atoms with Crippen LogP contribution in [0.4, 0.5) is 0 Å². The standard InChI is InChI=1S/C20H21NO4/c1-3-11-21-17(15-6-5-12-25-15)16(19(23)20(21)24)18(22)14-9-7-13(4-2)8-10-14/h5-10,12,17,22H,3-4,11H2,1-2H3/b18-16-. The molecule has 2 heterocycles. The lowest BCUT2D eigenvalue weighted by Gasteiger charge is -2.22. The summed E-state index contributed by atoms with van der Waals surface area (Å²) < 4.78 is 5.45. The third-order valence-electron chi connectivity index (χ3n) is 4.45. The minimum Gasteiger partial charge on any atom is -0.507 e. The molecule has 1 unspecified atom stereocenters. The zero-order chi connectivity index (χ0) is 18.0. The molecule has 1 aromatic carbocycles. The summed E-state index contributed by atoms with van der Waals surface area (Å²) in [6.07, 6.45) is 3.08. The Morgan fingerprint density at radius 1 is 1.16 bits per heavy atom. The van der Waals surface area contributed by atoms with Crippen molar-refractivity contribution in [1.29, 1.82) is 0 Å². The Labute approximate surface area is 146 Å². The summed E-state index contributed by atoms with van der Waals surface area (Å²) in [5, 5.41) is 10.8. The highest BCUT2D eigenvalue weighted by molar-refractivity contribution is 6.46. The van der Waals surface area contributed by atoms with Crippen molar-refractivity contribution >= 4 is 17.4 Å². The van der Waals surface area contributed by atoms with E-state index in [1.165, 1.54) is 11.2 Å². The maximum absolute atomic E-state index is 12.6. The molecule has 3 rings (SSSR count). The van der Waals surface area contributed by atoms with Gasteiger partial charge < -0.3 is 14.4 Å². The summed E-state index contributed by atoms with van der Waals surface area (Å²) in [5.74, 6) is -0.970. The number of hydrogen-bond donors (Lipinski definition) is 1. The number of carbonyl (C=O) groups excluding carboxylic acids is 2. The second-order valence-corrected chi connectivity index (χ2v) is 6.06. The lowest BCUT2D eigenvalue weighted by atomic mass is 9.98. The van der Waals surface area contributed by atoms with Crippen LogP contribution in [0.25, 0.3) is 5.76 Å². The van der Waals surface area contributed by atoms with Crippen molar-refractivity contribution in [3.63, 3.8) is 0 Å². The molecule has 130 valence electrons. The highest BCUT2D eigenvalue weighted by Crippen LogP contribution is 2.39. The topological polar surface area (TPSA) is 70.8 Å². The molecule has 0 bridgehead atoms. The number of furan rings is 1. The summed E-state index contributed by atoms with van der Waals surface area (Å²) in [7, 11) is 0. The second kappa shape index (κ2) is 6.97. The number of ketones is 1.